The second-order valence-electron chi connectivity index (χ2n) is 4.96. The third-order valence-electron chi connectivity index (χ3n) is 3.45. The van der Waals surface area contributed by atoms with Crippen LogP contribution >= 0.6 is 11.6 Å². The molecular formula is C14H21ClN2. The van der Waals surface area contributed by atoms with Gasteiger partial charge in [0.05, 0.1) is 0 Å². The first-order valence-electron chi connectivity index (χ1n) is 6.39. The Hall–Kier alpha value is -0.730. The molecular weight excluding hydrogens is 232 g/mol. The minimum absolute atomic E-state index is 0.783. The number of nitrogens with zero attached hydrogens (tertiary/aromatic N) is 1. The summed E-state index contributed by atoms with van der Waals surface area (Å²) in [4.78, 5) is 2.48. The number of halogens is 1. The van der Waals surface area contributed by atoms with Crippen molar-refractivity contribution < 1.29 is 0 Å². The lowest BCUT2D eigenvalue weighted by Crippen LogP contribution is -2.35. The van der Waals surface area contributed by atoms with Gasteiger partial charge in [0.15, 0.2) is 0 Å². The first-order chi connectivity index (χ1) is 8.22. The van der Waals surface area contributed by atoms with Crippen LogP contribution < -0.4 is 10.2 Å². The molecule has 1 aromatic rings. The highest BCUT2D eigenvalue weighted by Gasteiger charge is 2.19. The summed E-state index contributed by atoms with van der Waals surface area (Å²) in [7, 11) is 1.96. The van der Waals surface area contributed by atoms with Crippen molar-refractivity contribution >= 4 is 17.3 Å². The number of rotatable bonds is 3. The van der Waals surface area contributed by atoms with Crippen LogP contribution in [0.15, 0.2) is 18.2 Å². The maximum absolute atomic E-state index is 6.30. The van der Waals surface area contributed by atoms with Crippen LogP contribution in [-0.2, 0) is 6.54 Å². The van der Waals surface area contributed by atoms with Crippen molar-refractivity contribution in [1.82, 2.24) is 5.32 Å². The molecule has 2 nitrogen and oxygen atoms in total. The van der Waals surface area contributed by atoms with Crippen molar-refractivity contribution in [2.75, 3.05) is 25.0 Å². The maximum atomic E-state index is 6.30. The summed E-state index contributed by atoms with van der Waals surface area (Å²) >= 11 is 6.30. The van der Waals surface area contributed by atoms with Gasteiger partial charge < -0.3 is 10.2 Å². The zero-order valence-electron chi connectivity index (χ0n) is 10.7. The first-order valence-corrected chi connectivity index (χ1v) is 6.77. The Labute approximate surface area is 109 Å². The van der Waals surface area contributed by atoms with E-state index < -0.39 is 0 Å². The molecule has 1 heterocycles. The maximum Gasteiger partial charge on any atom is 0.0471 e. The van der Waals surface area contributed by atoms with Gasteiger partial charge in [0, 0.05) is 35.9 Å². The van der Waals surface area contributed by atoms with Gasteiger partial charge in [0.25, 0.3) is 0 Å². The summed E-state index contributed by atoms with van der Waals surface area (Å²) in [6.45, 7) is 5.47. The largest absolute Gasteiger partial charge is 0.371 e. The lowest BCUT2D eigenvalue weighted by molar-refractivity contribution is 0.446. The highest BCUT2D eigenvalue weighted by atomic mass is 35.5. The minimum Gasteiger partial charge on any atom is -0.371 e. The lowest BCUT2D eigenvalue weighted by Gasteiger charge is -2.34. The van der Waals surface area contributed by atoms with E-state index in [9.17, 15) is 0 Å². The van der Waals surface area contributed by atoms with Crippen LogP contribution in [-0.4, -0.2) is 20.1 Å². The second kappa shape index (κ2) is 5.74. The fourth-order valence-corrected chi connectivity index (χ4v) is 2.84. The van der Waals surface area contributed by atoms with E-state index in [2.05, 4.69) is 29.3 Å². The van der Waals surface area contributed by atoms with Gasteiger partial charge in [-0.05, 0) is 37.9 Å². The molecule has 1 N–H and O–H groups in total. The Morgan fingerprint density at radius 3 is 3.00 bits per heavy atom. The number of hydrogen-bond donors (Lipinski definition) is 1. The number of benzene rings is 1. The van der Waals surface area contributed by atoms with Gasteiger partial charge in [-0.2, -0.15) is 0 Å². The van der Waals surface area contributed by atoms with Crippen molar-refractivity contribution in [3.8, 4) is 0 Å². The number of anilines is 1. The zero-order chi connectivity index (χ0) is 12.3. The molecule has 0 aliphatic carbocycles. The quantitative estimate of drug-likeness (QED) is 0.888. The molecule has 3 heteroatoms. The Morgan fingerprint density at radius 1 is 1.47 bits per heavy atom. The molecule has 0 spiro atoms. The fraction of sp³-hybridized carbons (Fsp3) is 0.571. The van der Waals surface area contributed by atoms with Gasteiger partial charge in [0.1, 0.15) is 0 Å². The van der Waals surface area contributed by atoms with Crippen molar-refractivity contribution in [2.24, 2.45) is 5.92 Å². The molecule has 1 aromatic carbocycles. The van der Waals surface area contributed by atoms with E-state index in [-0.39, 0.29) is 0 Å². The van der Waals surface area contributed by atoms with Crippen LogP contribution in [0.5, 0.6) is 0 Å². The molecule has 1 fully saturated rings. The van der Waals surface area contributed by atoms with Crippen molar-refractivity contribution in [1.29, 1.82) is 0 Å². The third-order valence-corrected chi connectivity index (χ3v) is 3.80. The molecule has 0 amide bonds. The standard InChI is InChI=1S/C14H21ClN2/c1-11-5-4-8-17(10-11)14-7-3-6-13(15)12(14)9-16-2/h3,6-7,11,16H,4-5,8-10H2,1-2H3. The average molecular weight is 253 g/mol. The Balaban J connectivity index is 2.27. The number of hydrogen-bond acceptors (Lipinski definition) is 2. The van der Waals surface area contributed by atoms with Crippen LogP contribution in [0.25, 0.3) is 0 Å². The van der Waals surface area contributed by atoms with Crippen LogP contribution in [0.4, 0.5) is 5.69 Å². The van der Waals surface area contributed by atoms with Gasteiger partial charge in [-0.1, -0.05) is 24.6 Å². The highest BCUT2D eigenvalue weighted by Crippen LogP contribution is 2.30. The summed E-state index contributed by atoms with van der Waals surface area (Å²) in [5.74, 6) is 0.783. The molecule has 17 heavy (non-hydrogen) atoms. The summed E-state index contributed by atoms with van der Waals surface area (Å²) in [5.41, 5.74) is 2.53. The first kappa shape index (κ1) is 12.7. The van der Waals surface area contributed by atoms with E-state index in [4.69, 9.17) is 11.6 Å². The van der Waals surface area contributed by atoms with Crippen LogP contribution in [0.3, 0.4) is 0 Å². The minimum atomic E-state index is 0.783. The van der Waals surface area contributed by atoms with E-state index in [1.807, 2.05) is 13.1 Å². The van der Waals surface area contributed by atoms with E-state index in [0.717, 1.165) is 30.6 Å². The Morgan fingerprint density at radius 2 is 2.29 bits per heavy atom. The van der Waals surface area contributed by atoms with E-state index in [0.29, 0.717) is 0 Å². The third kappa shape index (κ3) is 2.93. The van der Waals surface area contributed by atoms with Crippen LogP contribution in [0, 0.1) is 5.92 Å². The molecule has 1 aliphatic rings. The van der Waals surface area contributed by atoms with Crippen molar-refractivity contribution in [2.45, 2.75) is 26.3 Å². The summed E-state index contributed by atoms with van der Waals surface area (Å²) in [6, 6.07) is 6.22. The molecule has 1 unspecified atom stereocenters. The summed E-state index contributed by atoms with van der Waals surface area (Å²) < 4.78 is 0. The molecule has 1 saturated heterocycles. The molecule has 94 valence electrons. The molecule has 0 radical (unpaired) electrons. The van der Waals surface area contributed by atoms with Gasteiger partial charge in [0.2, 0.25) is 0 Å². The fourth-order valence-electron chi connectivity index (χ4n) is 2.60. The van der Waals surface area contributed by atoms with Gasteiger partial charge in [-0.15, -0.1) is 0 Å². The van der Waals surface area contributed by atoms with E-state index >= 15 is 0 Å². The molecule has 1 aliphatic heterocycles. The zero-order valence-corrected chi connectivity index (χ0v) is 11.4. The molecule has 1 atom stereocenters. The number of nitrogens with one attached hydrogen (secondary N) is 1. The van der Waals surface area contributed by atoms with Crippen molar-refractivity contribution in [3.63, 3.8) is 0 Å². The lowest BCUT2D eigenvalue weighted by atomic mass is 9.99. The summed E-state index contributed by atoms with van der Waals surface area (Å²) in [5, 5.41) is 4.07. The number of piperidine rings is 1. The van der Waals surface area contributed by atoms with Crippen LogP contribution in [0.1, 0.15) is 25.3 Å². The van der Waals surface area contributed by atoms with Crippen LogP contribution in [0.2, 0.25) is 5.02 Å². The highest BCUT2D eigenvalue weighted by molar-refractivity contribution is 6.31. The normalized spacial score (nSPS) is 20.6. The Bertz CT molecular complexity index is 378. The van der Waals surface area contributed by atoms with E-state index in [1.165, 1.54) is 24.1 Å². The second-order valence-corrected chi connectivity index (χ2v) is 5.37. The van der Waals surface area contributed by atoms with Crippen molar-refractivity contribution in [3.05, 3.63) is 28.8 Å². The molecule has 2 rings (SSSR count). The molecule has 0 saturated carbocycles. The molecule has 0 aromatic heterocycles. The predicted octanol–water partition coefficient (Wildman–Crippen LogP) is 3.30. The summed E-state index contributed by atoms with van der Waals surface area (Å²) in [6.07, 6.45) is 2.63. The van der Waals surface area contributed by atoms with Gasteiger partial charge in [-0.25, -0.2) is 0 Å². The van der Waals surface area contributed by atoms with E-state index in [1.54, 1.807) is 0 Å². The average Bonchev–Trinajstić information content (AvgIpc) is 2.32. The monoisotopic (exact) mass is 252 g/mol. The molecule has 0 bridgehead atoms. The SMILES string of the molecule is CNCc1c(Cl)cccc1N1CCCC(C)C1. The van der Waals surface area contributed by atoms with Gasteiger partial charge >= 0.3 is 0 Å². The Kier molecular flexibility index (Phi) is 4.30. The topological polar surface area (TPSA) is 15.3 Å². The predicted molar refractivity (Wildman–Crippen MR) is 74.8 cm³/mol. The van der Waals surface area contributed by atoms with Gasteiger partial charge in [-0.3, -0.25) is 0 Å². The smallest absolute Gasteiger partial charge is 0.0471 e.